The second kappa shape index (κ2) is 5.18. The predicted octanol–water partition coefficient (Wildman–Crippen LogP) is 1.58. The smallest absolute Gasteiger partial charge is 0.154 e. The van der Waals surface area contributed by atoms with Crippen LogP contribution < -0.4 is 5.73 Å². The number of hydrogen-bond donors (Lipinski definition) is 1. The Labute approximate surface area is 101 Å². The van der Waals surface area contributed by atoms with Gasteiger partial charge in [0.15, 0.2) is 11.6 Å². The average molecular weight is 256 g/mol. The van der Waals surface area contributed by atoms with Crippen LogP contribution in [-0.2, 0) is 6.42 Å². The first kappa shape index (κ1) is 12.6. The van der Waals surface area contributed by atoms with E-state index in [9.17, 15) is 13.2 Å². The molecule has 0 aliphatic rings. The van der Waals surface area contributed by atoms with Gasteiger partial charge in [-0.3, -0.25) is 0 Å². The summed E-state index contributed by atoms with van der Waals surface area (Å²) in [7, 11) is 0. The molecule has 4 nitrogen and oxygen atoms in total. The molecule has 0 amide bonds. The number of aromatic nitrogens is 3. The summed E-state index contributed by atoms with van der Waals surface area (Å²) in [6.45, 7) is 0.492. The molecule has 0 fully saturated rings. The maximum Gasteiger partial charge on any atom is 0.154 e. The van der Waals surface area contributed by atoms with Gasteiger partial charge in [-0.05, 0) is 19.4 Å². The van der Waals surface area contributed by atoms with Crippen LogP contribution in [0, 0.1) is 17.5 Å². The van der Waals surface area contributed by atoms with Gasteiger partial charge in [0, 0.05) is 12.1 Å². The van der Waals surface area contributed by atoms with Crippen LogP contribution in [0.25, 0.3) is 5.69 Å². The zero-order valence-corrected chi connectivity index (χ0v) is 9.41. The highest BCUT2D eigenvalue weighted by Crippen LogP contribution is 2.18. The Hall–Kier alpha value is -1.89. The Kier molecular flexibility index (Phi) is 3.61. The topological polar surface area (TPSA) is 56.7 Å². The normalized spacial score (nSPS) is 10.9. The van der Waals surface area contributed by atoms with Crippen LogP contribution in [0.5, 0.6) is 0 Å². The van der Waals surface area contributed by atoms with Crippen molar-refractivity contribution in [2.24, 2.45) is 5.73 Å². The van der Waals surface area contributed by atoms with Crippen LogP contribution >= 0.6 is 0 Å². The average Bonchev–Trinajstić information content (AvgIpc) is 2.73. The van der Waals surface area contributed by atoms with Gasteiger partial charge in [-0.15, -0.1) is 5.10 Å². The van der Waals surface area contributed by atoms with Gasteiger partial charge < -0.3 is 5.73 Å². The lowest BCUT2D eigenvalue weighted by Crippen LogP contribution is -2.03. The van der Waals surface area contributed by atoms with Gasteiger partial charge in [-0.2, -0.15) is 0 Å². The van der Waals surface area contributed by atoms with E-state index in [1.165, 1.54) is 6.20 Å². The number of halogens is 3. The van der Waals surface area contributed by atoms with E-state index in [-0.39, 0.29) is 0 Å². The molecule has 0 saturated carbocycles. The Morgan fingerprint density at radius 2 is 1.83 bits per heavy atom. The van der Waals surface area contributed by atoms with Crippen molar-refractivity contribution in [1.82, 2.24) is 15.0 Å². The zero-order chi connectivity index (χ0) is 13.1. The summed E-state index contributed by atoms with van der Waals surface area (Å²) in [5, 5.41) is 7.38. The molecule has 96 valence electrons. The van der Waals surface area contributed by atoms with E-state index in [1.54, 1.807) is 0 Å². The summed E-state index contributed by atoms with van der Waals surface area (Å²) in [5.41, 5.74) is 5.47. The summed E-state index contributed by atoms with van der Waals surface area (Å²) >= 11 is 0. The molecule has 0 bridgehead atoms. The second-order valence-electron chi connectivity index (χ2n) is 3.76. The summed E-state index contributed by atoms with van der Waals surface area (Å²) in [5.74, 6) is -3.03. The lowest BCUT2D eigenvalue weighted by Gasteiger charge is -2.03. The minimum Gasteiger partial charge on any atom is -0.330 e. The van der Waals surface area contributed by atoms with Gasteiger partial charge in [0.1, 0.15) is 11.5 Å². The van der Waals surface area contributed by atoms with Gasteiger partial charge in [0.2, 0.25) is 0 Å². The van der Waals surface area contributed by atoms with Crippen molar-refractivity contribution >= 4 is 0 Å². The molecule has 7 heteroatoms. The molecule has 2 N–H and O–H groups in total. The highest BCUT2D eigenvalue weighted by atomic mass is 19.1. The van der Waals surface area contributed by atoms with E-state index >= 15 is 0 Å². The third-order valence-electron chi connectivity index (χ3n) is 2.39. The fraction of sp³-hybridized carbons (Fsp3) is 0.273. The lowest BCUT2D eigenvalue weighted by atomic mass is 10.2. The molecule has 0 spiro atoms. The minimum absolute atomic E-state index is 0.442. The Morgan fingerprint density at radius 1 is 1.17 bits per heavy atom. The van der Waals surface area contributed by atoms with Gasteiger partial charge >= 0.3 is 0 Å². The van der Waals surface area contributed by atoms with Crippen LogP contribution in [0.15, 0.2) is 18.3 Å². The van der Waals surface area contributed by atoms with Gasteiger partial charge in [-0.1, -0.05) is 5.21 Å². The van der Waals surface area contributed by atoms with Crippen LogP contribution in [0.4, 0.5) is 13.2 Å². The Morgan fingerprint density at radius 3 is 2.44 bits per heavy atom. The quantitative estimate of drug-likeness (QED) is 0.903. The molecular weight excluding hydrogens is 245 g/mol. The maximum absolute atomic E-state index is 13.5. The SMILES string of the molecule is NCCCc1cn(-c2c(F)cc(F)cc2F)nn1. The van der Waals surface area contributed by atoms with Crippen molar-refractivity contribution < 1.29 is 13.2 Å². The third-order valence-corrected chi connectivity index (χ3v) is 2.39. The monoisotopic (exact) mass is 256 g/mol. The number of hydrogen-bond acceptors (Lipinski definition) is 3. The van der Waals surface area contributed by atoms with E-state index in [0.29, 0.717) is 37.2 Å². The van der Waals surface area contributed by atoms with Crippen LogP contribution in [0.1, 0.15) is 12.1 Å². The number of nitrogens with two attached hydrogens (primary N) is 1. The molecule has 0 saturated heterocycles. The molecule has 2 aromatic rings. The number of aryl methyl sites for hydroxylation is 1. The summed E-state index contributed by atoms with van der Waals surface area (Å²) in [6.07, 6.45) is 2.67. The summed E-state index contributed by atoms with van der Waals surface area (Å²) in [4.78, 5) is 0. The van der Waals surface area contributed by atoms with E-state index in [1.807, 2.05) is 0 Å². The largest absolute Gasteiger partial charge is 0.330 e. The highest BCUT2D eigenvalue weighted by molar-refractivity contribution is 5.34. The first-order chi connectivity index (χ1) is 8.61. The number of nitrogens with zero attached hydrogens (tertiary/aromatic N) is 3. The molecule has 0 aliphatic heterocycles. The molecule has 1 heterocycles. The summed E-state index contributed by atoms with van der Waals surface area (Å²) in [6, 6.07) is 1.19. The number of rotatable bonds is 4. The fourth-order valence-corrected chi connectivity index (χ4v) is 1.56. The molecule has 0 aliphatic carbocycles. The highest BCUT2D eigenvalue weighted by Gasteiger charge is 2.15. The van der Waals surface area contributed by atoms with Crippen molar-refractivity contribution in [1.29, 1.82) is 0 Å². The molecule has 0 atom stereocenters. The van der Waals surface area contributed by atoms with Crippen molar-refractivity contribution in [2.45, 2.75) is 12.8 Å². The molecule has 1 aromatic heterocycles. The molecule has 0 radical (unpaired) electrons. The van der Waals surface area contributed by atoms with Crippen LogP contribution in [0.3, 0.4) is 0 Å². The van der Waals surface area contributed by atoms with Crippen molar-refractivity contribution in [3.05, 3.63) is 41.5 Å². The van der Waals surface area contributed by atoms with Crippen molar-refractivity contribution in [3.8, 4) is 5.69 Å². The second-order valence-corrected chi connectivity index (χ2v) is 3.76. The van der Waals surface area contributed by atoms with Crippen molar-refractivity contribution in [2.75, 3.05) is 6.54 Å². The first-order valence-electron chi connectivity index (χ1n) is 5.38. The van der Waals surface area contributed by atoms with E-state index in [4.69, 9.17) is 5.73 Å². The molecule has 1 aromatic carbocycles. The number of benzene rings is 1. The Bertz CT molecular complexity index is 530. The molecule has 0 unspecified atom stereocenters. The molecule has 2 rings (SSSR count). The van der Waals surface area contributed by atoms with Crippen LogP contribution in [-0.4, -0.2) is 21.5 Å². The Balaban J connectivity index is 2.34. The maximum atomic E-state index is 13.5. The zero-order valence-electron chi connectivity index (χ0n) is 9.41. The summed E-state index contributed by atoms with van der Waals surface area (Å²) < 4.78 is 40.7. The fourth-order valence-electron chi connectivity index (χ4n) is 1.56. The van der Waals surface area contributed by atoms with Gasteiger partial charge in [-0.25, -0.2) is 17.9 Å². The van der Waals surface area contributed by atoms with E-state index in [0.717, 1.165) is 4.68 Å². The van der Waals surface area contributed by atoms with Gasteiger partial charge in [0.05, 0.1) is 11.9 Å². The molecule has 18 heavy (non-hydrogen) atoms. The van der Waals surface area contributed by atoms with Crippen LogP contribution in [0.2, 0.25) is 0 Å². The molecular formula is C11H11F3N4. The van der Waals surface area contributed by atoms with Crippen molar-refractivity contribution in [3.63, 3.8) is 0 Å². The van der Waals surface area contributed by atoms with E-state index in [2.05, 4.69) is 10.3 Å². The first-order valence-corrected chi connectivity index (χ1v) is 5.38. The minimum atomic E-state index is -1.03. The lowest BCUT2D eigenvalue weighted by molar-refractivity contribution is 0.526. The third kappa shape index (κ3) is 2.51. The standard InChI is InChI=1S/C11H11F3N4/c12-7-4-9(13)11(10(14)5-7)18-6-8(16-17-18)2-1-3-15/h4-6H,1-3,15H2. The van der Waals surface area contributed by atoms with Gasteiger partial charge in [0.25, 0.3) is 0 Å². The van der Waals surface area contributed by atoms with E-state index < -0.39 is 23.1 Å². The predicted molar refractivity (Wildman–Crippen MR) is 58.6 cm³/mol.